The van der Waals surface area contributed by atoms with E-state index < -0.39 is 15.9 Å². The van der Waals surface area contributed by atoms with Gasteiger partial charge in [-0.1, -0.05) is 29.8 Å². The van der Waals surface area contributed by atoms with E-state index in [2.05, 4.69) is 5.32 Å². The van der Waals surface area contributed by atoms with Crippen molar-refractivity contribution in [1.82, 2.24) is 0 Å². The Morgan fingerprint density at radius 3 is 2.67 bits per heavy atom. The minimum Gasteiger partial charge on any atom is -0.326 e. The van der Waals surface area contributed by atoms with Gasteiger partial charge in [0, 0.05) is 29.4 Å². The summed E-state index contributed by atoms with van der Waals surface area (Å²) >= 11 is 5.97. The van der Waals surface area contributed by atoms with Crippen LogP contribution >= 0.6 is 11.6 Å². The molecule has 2 aromatic rings. The van der Waals surface area contributed by atoms with Gasteiger partial charge in [0.2, 0.25) is 21.8 Å². The average Bonchev–Trinajstić information content (AvgIpc) is 2.95. The van der Waals surface area contributed by atoms with Gasteiger partial charge in [-0.15, -0.1) is 0 Å². The number of amides is 2. The van der Waals surface area contributed by atoms with Crippen molar-refractivity contribution in [3.63, 3.8) is 0 Å². The molecule has 0 spiro atoms. The van der Waals surface area contributed by atoms with Crippen LogP contribution < -0.4 is 15.4 Å². The predicted octanol–water partition coefficient (Wildman–Crippen LogP) is 2.12. The van der Waals surface area contributed by atoms with Crippen molar-refractivity contribution < 1.29 is 18.0 Å². The van der Waals surface area contributed by atoms with E-state index in [-0.39, 0.29) is 30.5 Å². The van der Waals surface area contributed by atoms with E-state index in [9.17, 15) is 18.0 Å². The maximum atomic E-state index is 12.5. The highest BCUT2D eigenvalue weighted by molar-refractivity contribution is 7.88. The van der Waals surface area contributed by atoms with Crippen LogP contribution in [0.4, 0.5) is 11.4 Å². The molecule has 1 atom stereocenters. The molecule has 1 saturated heterocycles. The number of benzene rings is 2. The van der Waals surface area contributed by atoms with E-state index in [1.807, 2.05) is 0 Å². The van der Waals surface area contributed by atoms with E-state index in [4.69, 9.17) is 16.7 Å². The number of carbonyl (C=O) groups excluding carboxylic acids is 2. The fourth-order valence-corrected chi connectivity index (χ4v) is 3.82. The highest BCUT2D eigenvalue weighted by atomic mass is 35.5. The van der Waals surface area contributed by atoms with Crippen LogP contribution in [-0.4, -0.2) is 26.8 Å². The van der Waals surface area contributed by atoms with E-state index in [1.165, 1.54) is 4.90 Å². The minimum absolute atomic E-state index is 0.0925. The number of nitrogens with two attached hydrogens (primary N) is 1. The number of hydrogen-bond donors (Lipinski definition) is 2. The molecule has 3 N–H and O–H groups in total. The van der Waals surface area contributed by atoms with E-state index in [1.54, 1.807) is 48.5 Å². The Balaban J connectivity index is 1.69. The molecule has 1 unspecified atom stereocenters. The Labute approximate surface area is 162 Å². The number of primary sulfonamides is 1. The molecule has 1 aliphatic rings. The molecule has 0 aromatic heterocycles. The fraction of sp³-hybridized carbons (Fsp3) is 0.222. The molecule has 1 fully saturated rings. The Morgan fingerprint density at radius 1 is 1.22 bits per heavy atom. The summed E-state index contributed by atoms with van der Waals surface area (Å²) in [5, 5.41) is 8.30. The first-order valence-electron chi connectivity index (χ1n) is 8.17. The summed E-state index contributed by atoms with van der Waals surface area (Å²) < 4.78 is 22.4. The van der Waals surface area contributed by atoms with Crippen molar-refractivity contribution in [2.24, 2.45) is 11.1 Å². The minimum atomic E-state index is -3.66. The van der Waals surface area contributed by atoms with Crippen molar-refractivity contribution in [3.8, 4) is 0 Å². The SMILES string of the molecule is NS(=O)(=O)Cc1cccc(NC(=O)C2CC(=O)N(c3cccc(Cl)c3)C2)c1. The molecule has 0 bridgehead atoms. The van der Waals surface area contributed by atoms with Gasteiger partial charge in [-0.25, -0.2) is 13.6 Å². The number of nitrogens with zero attached hydrogens (tertiary/aromatic N) is 1. The van der Waals surface area contributed by atoms with Gasteiger partial charge >= 0.3 is 0 Å². The smallest absolute Gasteiger partial charge is 0.229 e. The van der Waals surface area contributed by atoms with Crippen LogP contribution in [0.15, 0.2) is 48.5 Å². The number of rotatable bonds is 5. The molecule has 142 valence electrons. The van der Waals surface area contributed by atoms with Crippen molar-refractivity contribution in [3.05, 3.63) is 59.1 Å². The second-order valence-electron chi connectivity index (χ2n) is 6.38. The second-order valence-corrected chi connectivity index (χ2v) is 8.43. The van der Waals surface area contributed by atoms with Crippen LogP contribution in [0.25, 0.3) is 0 Å². The van der Waals surface area contributed by atoms with Gasteiger partial charge in [0.15, 0.2) is 0 Å². The van der Waals surface area contributed by atoms with Gasteiger partial charge in [0.1, 0.15) is 0 Å². The topological polar surface area (TPSA) is 110 Å². The van der Waals surface area contributed by atoms with Crippen LogP contribution in [0.3, 0.4) is 0 Å². The van der Waals surface area contributed by atoms with Gasteiger partial charge in [0.25, 0.3) is 0 Å². The van der Waals surface area contributed by atoms with Crippen LogP contribution in [0, 0.1) is 5.92 Å². The lowest BCUT2D eigenvalue weighted by atomic mass is 10.1. The number of halogens is 1. The van der Waals surface area contributed by atoms with E-state index in [0.29, 0.717) is 22.0 Å². The van der Waals surface area contributed by atoms with Gasteiger partial charge in [0.05, 0.1) is 11.7 Å². The third-order valence-electron chi connectivity index (χ3n) is 4.18. The monoisotopic (exact) mass is 407 g/mol. The lowest BCUT2D eigenvalue weighted by molar-refractivity contribution is -0.122. The van der Waals surface area contributed by atoms with Crippen molar-refractivity contribution in [1.29, 1.82) is 0 Å². The van der Waals surface area contributed by atoms with E-state index in [0.717, 1.165) is 0 Å². The lowest BCUT2D eigenvalue weighted by Crippen LogP contribution is -2.28. The highest BCUT2D eigenvalue weighted by Crippen LogP contribution is 2.28. The Bertz CT molecular complexity index is 994. The molecule has 9 heteroatoms. The number of carbonyl (C=O) groups is 2. The summed E-state index contributed by atoms with van der Waals surface area (Å²) in [7, 11) is -3.66. The third kappa shape index (κ3) is 5.06. The summed E-state index contributed by atoms with van der Waals surface area (Å²) in [4.78, 5) is 26.4. The van der Waals surface area contributed by atoms with Gasteiger partial charge in [-0.05, 0) is 35.9 Å². The molecule has 7 nitrogen and oxygen atoms in total. The summed E-state index contributed by atoms with van der Waals surface area (Å²) in [6, 6.07) is 13.3. The molecular formula is C18H18ClN3O4S. The van der Waals surface area contributed by atoms with Crippen molar-refractivity contribution >= 4 is 44.8 Å². The van der Waals surface area contributed by atoms with Gasteiger partial charge in [-0.2, -0.15) is 0 Å². The Morgan fingerprint density at radius 2 is 1.96 bits per heavy atom. The first-order valence-corrected chi connectivity index (χ1v) is 10.3. The average molecular weight is 408 g/mol. The lowest BCUT2D eigenvalue weighted by Gasteiger charge is -2.17. The molecule has 0 saturated carbocycles. The molecule has 2 amide bonds. The molecule has 3 rings (SSSR count). The maximum absolute atomic E-state index is 12.5. The predicted molar refractivity (Wildman–Crippen MR) is 104 cm³/mol. The number of anilines is 2. The van der Waals surface area contributed by atoms with Crippen LogP contribution in [0.2, 0.25) is 5.02 Å². The highest BCUT2D eigenvalue weighted by Gasteiger charge is 2.35. The molecule has 27 heavy (non-hydrogen) atoms. The molecule has 2 aromatic carbocycles. The summed E-state index contributed by atoms with van der Waals surface area (Å²) in [6.45, 7) is 0.252. The number of hydrogen-bond acceptors (Lipinski definition) is 4. The Hall–Kier alpha value is -2.42. The molecule has 1 heterocycles. The standard InChI is InChI=1S/C18H18ClN3O4S/c19-14-4-2-6-16(9-14)22-10-13(8-17(22)23)18(24)21-15-5-1-3-12(7-15)11-27(20,25)26/h1-7,9,13H,8,10-11H2,(H,21,24)(H2,20,25,26). The van der Waals surface area contributed by atoms with Gasteiger partial charge in [-0.3, -0.25) is 9.59 Å². The number of sulfonamides is 1. The fourth-order valence-electron chi connectivity index (χ4n) is 2.99. The molecule has 0 radical (unpaired) electrons. The molecular weight excluding hydrogens is 390 g/mol. The maximum Gasteiger partial charge on any atom is 0.229 e. The third-order valence-corrected chi connectivity index (χ3v) is 5.15. The molecule has 0 aliphatic carbocycles. The van der Waals surface area contributed by atoms with Crippen molar-refractivity contribution in [2.75, 3.05) is 16.8 Å². The Kier molecular flexibility index (Phi) is 5.50. The summed E-state index contributed by atoms with van der Waals surface area (Å²) in [6.07, 6.45) is 0.0925. The zero-order valence-electron chi connectivity index (χ0n) is 14.3. The zero-order valence-corrected chi connectivity index (χ0v) is 15.8. The van der Waals surface area contributed by atoms with E-state index >= 15 is 0 Å². The summed E-state index contributed by atoms with van der Waals surface area (Å²) in [5.41, 5.74) is 1.58. The first kappa shape index (κ1) is 19.3. The van der Waals surface area contributed by atoms with Crippen LogP contribution in [-0.2, 0) is 25.4 Å². The second kappa shape index (κ2) is 7.67. The van der Waals surface area contributed by atoms with Crippen LogP contribution in [0.1, 0.15) is 12.0 Å². The van der Waals surface area contributed by atoms with Gasteiger partial charge < -0.3 is 10.2 Å². The zero-order chi connectivity index (χ0) is 19.6. The normalized spacial score (nSPS) is 17.2. The van der Waals surface area contributed by atoms with Crippen LogP contribution in [0.5, 0.6) is 0 Å². The van der Waals surface area contributed by atoms with Crippen molar-refractivity contribution in [2.45, 2.75) is 12.2 Å². The summed E-state index contributed by atoms with van der Waals surface area (Å²) in [5.74, 6) is -1.29. The number of nitrogens with one attached hydrogen (secondary N) is 1. The quantitative estimate of drug-likeness (QED) is 0.790. The molecule has 1 aliphatic heterocycles. The largest absolute Gasteiger partial charge is 0.326 e. The first-order chi connectivity index (χ1) is 12.7.